The topological polar surface area (TPSA) is 129 Å². The van der Waals surface area contributed by atoms with Gasteiger partial charge in [0, 0.05) is 30.8 Å². The van der Waals surface area contributed by atoms with E-state index in [1.807, 2.05) is 10.6 Å². The van der Waals surface area contributed by atoms with E-state index >= 15 is 0 Å². The number of fused-ring (bicyclic) bond motifs is 4. The van der Waals surface area contributed by atoms with Crippen LogP contribution in [-0.2, 0) is 6.54 Å². The van der Waals surface area contributed by atoms with E-state index < -0.39 is 5.09 Å². The number of hydrogen-bond acceptors (Lipinski definition) is 4. The monoisotopic (exact) mass is 271 g/mol. The summed E-state index contributed by atoms with van der Waals surface area (Å²) >= 11 is 0. The number of rotatable bonds is 0. The van der Waals surface area contributed by atoms with Crippen LogP contribution < -0.4 is 10.9 Å². The van der Waals surface area contributed by atoms with Gasteiger partial charge in [-0.25, -0.2) is 0 Å². The zero-order valence-electron chi connectivity index (χ0n) is 10.3. The molecule has 1 aromatic heterocycles. The molecule has 1 aromatic rings. The lowest BCUT2D eigenvalue weighted by Gasteiger charge is -2.37. The van der Waals surface area contributed by atoms with Crippen LogP contribution in [0.4, 0.5) is 0 Å². The Morgan fingerprint density at radius 3 is 2.79 bits per heavy atom. The van der Waals surface area contributed by atoms with E-state index in [1.165, 1.54) is 12.1 Å². The zero-order chi connectivity index (χ0) is 13.1. The molecule has 0 radical (unpaired) electrons. The third-order valence-corrected chi connectivity index (χ3v) is 3.38. The van der Waals surface area contributed by atoms with E-state index in [0.29, 0.717) is 11.8 Å². The SMILES string of the molecule is O.O=[N+]([O-])O.O=c1cccc2n1C[C@@H]1CNC[C@H]2C1. The van der Waals surface area contributed by atoms with Gasteiger partial charge in [0.25, 0.3) is 10.6 Å². The molecule has 4 N–H and O–H groups in total. The van der Waals surface area contributed by atoms with Gasteiger partial charge in [-0.3, -0.25) is 4.79 Å². The van der Waals surface area contributed by atoms with Crippen LogP contribution in [0.2, 0.25) is 0 Å². The highest BCUT2D eigenvalue weighted by Crippen LogP contribution is 2.31. The second-order valence-corrected chi connectivity index (χ2v) is 4.59. The van der Waals surface area contributed by atoms with Gasteiger partial charge < -0.3 is 20.6 Å². The molecule has 3 rings (SSSR count). The van der Waals surface area contributed by atoms with Crippen LogP contribution in [0.5, 0.6) is 0 Å². The molecule has 19 heavy (non-hydrogen) atoms. The predicted octanol–water partition coefficient (Wildman–Crippen LogP) is -0.617. The first-order chi connectivity index (χ1) is 8.58. The number of pyridine rings is 1. The molecule has 2 bridgehead atoms. The highest BCUT2D eigenvalue weighted by molar-refractivity contribution is 5.16. The van der Waals surface area contributed by atoms with Crippen molar-refractivity contribution in [2.75, 3.05) is 13.1 Å². The molecule has 106 valence electrons. The molecule has 3 heterocycles. The molecule has 0 saturated carbocycles. The molecule has 0 aromatic carbocycles. The van der Waals surface area contributed by atoms with Crippen molar-refractivity contribution < 1.29 is 15.8 Å². The van der Waals surface area contributed by atoms with Crippen molar-refractivity contribution in [1.29, 1.82) is 0 Å². The molecule has 1 fully saturated rings. The Morgan fingerprint density at radius 1 is 1.42 bits per heavy atom. The van der Waals surface area contributed by atoms with Crippen LogP contribution in [0, 0.1) is 16.0 Å². The van der Waals surface area contributed by atoms with Gasteiger partial charge in [0.1, 0.15) is 0 Å². The van der Waals surface area contributed by atoms with Gasteiger partial charge in [-0.15, -0.1) is 10.1 Å². The summed E-state index contributed by atoms with van der Waals surface area (Å²) in [6.45, 7) is 3.00. The van der Waals surface area contributed by atoms with Crippen molar-refractivity contribution in [1.82, 2.24) is 9.88 Å². The molecule has 8 heteroatoms. The molecule has 1 saturated heterocycles. The van der Waals surface area contributed by atoms with Crippen LogP contribution >= 0.6 is 0 Å². The van der Waals surface area contributed by atoms with E-state index in [2.05, 4.69) is 11.4 Å². The Morgan fingerprint density at radius 2 is 2.11 bits per heavy atom. The summed E-state index contributed by atoms with van der Waals surface area (Å²) in [4.78, 5) is 20.0. The first-order valence-corrected chi connectivity index (χ1v) is 5.81. The number of nitrogens with zero attached hydrogens (tertiary/aromatic N) is 2. The largest absolute Gasteiger partial charge is 0.412 e. The normalized spacial score (nSPS) is 23.2. The van der Waals surface area contributed by atoms with Crippen molar-refractivity contribution in [3.8, 4) is 0 Å². The fourth-order valence-corrected chi connectivity index (χ4v) is 2.74. The smallest absolute Gasteiger partial charge is 0.291 e. The third-order valence-electron chi connectivity index (χ3n) is 3.38. The highest BCUT2D eigenvalue weighted by Gasteiger charge is 2.30. The van der Waals surface area contributed by atoms with Crippen LogP contribution in [0.15, 0.2) is 23.0 Å². The minimum atomic E-state index is -1.50. The maximum Gasteiger partial charge on any atom is 0.291 e. The van der Waals surface area contributed by atoms with Crippen molar-refractivity contribution >= 4 is 0 Å². The van der Waals surface area contributed by atoms with Gasteiger partial charge in [0.15, 0.2) is 0 Å². The fraction of sp³-hybridized carbons (Fsp3) is 0.545. The number of nitrogens with one attached hydrogen (secondary N) is 1. The molecule has 2 aliphatic rings. The summed E-state index contributed by atoms with van der Waals surface area (Å²) in [6.07, 6.45) is 1.25. The lowest BCUT2D eigenvalue weighted by molar-refractivity contribution is -0.742. The maximum atomic E-state index is 11.6. The molecule has 2 aliphatic heterocycles. The Balaban J connectivity index is 0.000000323. The van der Waals surface area contributed by atoms with Crippen LogP contribution in [-0.4, -0.2) is 33.4 Å². The van der Waals surface area contributed by atoms with Crippen LogP contribution in [0.1, 0.15) is 18.0 Å². The summed E-state index contributed by atoms with van der Waals surface area (Å²) < 4.78 is 1.96. The van der Waals surface area contributed by atoms with Gasteiger partial charge in [-0.05, 0) is 24.9 Å². The molecular formula is C11H17N3O5. The highest BCUT2D eigenvalue weighted by atomic mass is 16.9. The lowest BCUT2D eigenvalue weighted by Crippen LogP contribution is -2.44. The molecule has 0 unspecified atom stereocenters. The van der Waals surface area contributed by atoms with E-state index in [4.69, 9.17) is 15.3 Å². The number of hydrogen-bond donors (Lipinski definition) is 2. The van der Waals surface area contributed by atoms with Gasteiger partial charge >= 0.3 is 0 Å². The van der Waals surface area contributed by atoms with E-state index in [1.54, 1.807) is 6.07 Å². The van der Waals surface area contributed by atoms with Gasteiger partial charge in [0.2, 0.25) is 0 Å². The van der Waals surface area contributed by atoms with E-state index in [9.17, 15) is 4.79 Å². The van der Waals surface area contributed by atoms with E-state index in [-0.39, 0.29) is 11.0 Å². The molecular weight excluding hydrogens is 254 g/mol. The van der Waals surface area contributed by atoms with Crippen molar-refractivity contribution in [2.45, 2.75) is 18.9 Å². The summed E-state index contributed by atoms with van der Waals surface area (Å²) in [7, 11) is 0. The zero-order valence-corrected chi connectivity index (χ0v) is 10.3. The standard InChI is InChI=1S/C11H14N2O.HNO3.H2O/c14-11-3-1-2-10-9-4-8(5-12-6-9)7-13(10)11;2-1(3)4;/h1-3,8-9,12H,4-7H2;(H,2,3,4);1H2/t8-,9+;;/m0../s1. The Hall–Kier alpha value is -1.93. The first kappa shape index (κ1) is 15.1. The van der Waals surface area contributed by atoms with Gasteiger partial charge in [-0.1, -0.05) is 6.07 Å². The summed E-state index contributed by atoms with van der Waals surface area (Å²) in [6, 6.07) is 5.64. The van der Waals surface area contributed by atoms with Crippen molar-refractivity contribution in [2.24, 2.45) is 5.92 Å². The second kappa shape index (κ2) is 6.30. The number of piperidine rings is 1. The molecule has 0 amide bonds. The van der Waals surface area contributed by atoms with E-state index in [0.717, 1.165) is 19.6 Å². The average Bonchev–Trinajstić information content (AvgIpc) is 2.30. The first-order valence-electron chi connectivity index (χ1n) is 5.81. The Bertz CT molecular complexity index is 497. The van der Waals surface area contributed by atoms with Gasteiger partial charge in [-0.2, -0.15) is 0 Å². The summed E-state index contributed by atoms with van der Waals surface area (Å²) in [5, 5.41) is 17.1. The number of aromatic nitrogens is 1. The fourth-order valence-electron chi connectivity index (χ4n) is 2.74. The van der Waals surface area contributed by atoms with Gasteiger partial charge in [0.05, 0.1) is 0 Å². The van der Waals surface area contributed by atoms with Crippen LogP contribution in [0.3, 0.4) is 0 Å². The molecule has 0 spiro atoms. The quantitative estimate of drug-likeness (QED) is 0.480. The van der Waals surface area contributed by atoms with Crippen molar-refractivity contribution in [3.63, 3.8) is 0 Å². The maximum absolute atomic E-state index is 11.6. The third kappa shape index (κ3) is 3.52. The Labute approximate surface area is 109 Å². The average molecular weight is 271 g/mol. The predicted molar refractivity (Wildman–Crippen MR) is 66.8 cm³/mol. The summed E-state index contributed by atoms with van der Waals surface area (Å²) in [5.41, 5.74) is 1.39. The second-order valence-electron chi connectivity index (χ2n) is 4.59. The molecule has 0 aliphatic carbocycles. The summed E-state index contributed by atoms with van der Waals surface area (Å²) in [5.74, 6) is 1.21. The van der Waals surface area contributed by atoms with Crippen LogP contribution in [0.25, 0.3) is 0 Å². The Kier molecular flexibility index (Phi) is 5.02. The molecule has 8 nitrogen and oxygen atoms in total. The minimum absolute atomic E-state index is 0. The van der Waals surface area contributed by atoms with Crippen molar-refractivity contribution in [3.05, 3.63) is 44.4 Å². The molecule has 2 atom stereocenters. The minimum Gasteiger partial charge on any atom is -0.412 e. The lowest BCUT2D eigenvalue weighted by atomic mass is 9.84.